The molecule has 1 saturated heterocycles. The van der Waals surface area contributed by atoms with Crippen molar-refractivity contribution in [3.05, 3.63) is 47.5 Å². The van der Waals surface area contributed by atoms with E-state index in [1.54, 1.807) is 6.33 Å². The molecule has 2 fully saturated rings. The van der Waals surface area contributed by atoms with Gasteiger partial charge in [0.1, 0.15) is 12.7 Å². The molecule has 1 amide bonds. The number of nitrogens with zero attached hydrogens (tertiary/aromatic N) is 4. The van der Waals surface area contributed by atoms with Crippen LogP contribution in [0, 0.1) is 11.3 Å². The largest absolute Gasteiger partial charge is 0.490 e. The molecule has 2 aromatic rings. The molecule has 1 aromatic heterocycles. The maximum atomic E-state index is 13.4. The highest BCUT2D eigenvalue weighted by Crippen LogP contribution is 2.49. The summed E-state index contributed by atoms with van der Waals surface area (Å²) >= 11 is 6.00. The van der Waals surface area contributed by atoms with Crippen LogP contribution in [0.2, 0.25) is 5.02 Å². The zero-order valence-corrected chi connectivity index (χ0v) is 22.9. The highest BCUT2D eigenvalue weighted by atomic mass is 35.5. The van der Waals surface area contributed by atoms with Crippen LogP contribution in [-0.4, -0.2) is 61.5 Å². The van der Waals surface area contributed by atoms with Crippen molar-refractivity contribution in [3.8, 4) is 0 Å². The number of carboxylic acid groups (broad SMARTS) is 1. The van der Waals surface area contributed by atoms with Gasteiger partial charge in [0.2, 0.25) is 5.91 Å². The summed E-state index contributed by atoms with van der Waals surface area (Å²) in [7, 11) is 0. The Balaban J connectivity index is 0.000000532. The van der Waals surface area contributed by atoms with Crippen molar-refractivity contribution in [1.82, 2.24) is 19.7 Å². The Bertz CT molecular complexity index is 1060. The SMILES string of the molecule is CCC1CC(Cn2cncn2)(C2CCCCC2)CCN1C(=O)[C@@H](N)Cc1ccc(Cl)cc1.O=C(O)C(F)(F)F. The van der Waals surface area contributed by atoms with Gasteiger partial charge in [0.25, 0.3) is 0 Å². The van der Waals surface area contributed by atoms with Crippen molar-refractivity contribution < 1.29 is 27.9 Å². The van der Waals surface area contributed by atoms with Gasteiger partial charge in [0, 0.05) is 24.2 Å². The summed E-state index contributed by atoms with van der Waals surface area (Å²) in [6.07, 6.45) is 8.44. The average molecular weight is 572 g/mol. The second kappa shape index (κ2) is 13.6. The van der Waals surface area contributed by atoms with Crippen LogP contribution in [0.25, 0.3) is 0 Å². The van der Waals surface area contributed by atoms with Gasteiger partial charge in [0.15, 0.2) is 0 Å². The lowest BCUT2D eigenvalue weighted by molar-refractivity contribution is -0.192. The molecule has 3 N–H and O–H groups in total. The number of hydrogen-bond acceptors (Lipinski definition) is 5. The highest BCUT2D eigenvalue weighted by Gasteiger charge is 2.46. The third-order valence-corrected chi connectivity index (χ3v) is 8.28. The number of nitrogens with two attached hydrogens (primary N) is 1. The third kappa shape index (κ3) is 8.41. The molecule has 2 unspecified atom stereocenters. The van der Waals surface area contributed by atoms with Crippen LogP contribution >= 0.6 is 11.6 Å². The summed E-state index contributed by atoms with van der Waals surface area (Å²) in [6.45, 7) is 3.87. The molecule has 4 rings (SSSR count). The average Bonchev–Trinajstić information content (AvgIpc) is 3.42. The molecule has 39 heavy (non-hydrogen) atoms. The molecule has 1 aromatic carbocycles. The second-order valence-electron chi connectivity index (χ2n) is 10.6. The van der Waals surface area contributed by atoms with Crippen molar-refractivity contribution in [2.45, 2.75) is 89.5 Å². The summed E-state index contributed by atoms with van der Waals surface area (Å²) in [4.78, 5) is 28.5. The number of aliphatic carboxylic acids is 1. The van der Waals surface area contributed by atoms with Gasteiger partial charge in [-0.25, -0.2) is 9.78 Å². The van der Waals surface area contributed by atoms with E-state index in [1.165, 1.54) is 32.1 Å². The fraction of sp³-hybridized carbons (Fsp3) is 0.630. The van der Waals surface area contributed by atoms with E-state index in [0.717, 1.165) is 37.9 Å². The van der Waals surface area contributed by atoms with Crippen molar-refractivity contribution in [3.63, 3.8) is 0 Å². The van der Waals surface area contributed by atoms with E-state index in [9.17, 15) is 18.0 Å². The lowest BCUT2D eigenvalue weighted by Gasteiger charge is -2.51. The number of carbonyl (C=O) groups is 2. The predicted octanol–water partition coefficient (Wildman–Crippen LogP) is 5.10. The predicted molar refractivity (Wildman–Crippen MR) is 141 cm³/mol. The molecule has 8 nitrogen and oxygen atoms in total. The number of rotatable bonds is 7. The number of likely N-dealkylation sites (tertiary alicyclic amines) is 1. The lowest BCUT2D eigenvalue weighted by Crippen LogP contribution is -2.57. The molecular weight excluding hydrogens is 535 g/mol. The number of benzene rings is 1. The molecule has 2 aliphatic rings. The minimum Gasteiger partial charge on any atom is -0.475 e. The first-order valence-electron chi connectivity index (χ1n) is 13.4. The minimum atomic E-state index is -5.08. The monoisotopic (exact) mass is 571 g/mol. The van der Waals surface area contributed by atoms with Gasteiger partial charge < -0.3 is 15.7 Å². The number of alkyl halides is 3. The van der Waals surface area contributed by atoms with Gasteiger partial charge in [-0.3, -0.25) is 9.48 Å². The van der Waals surface area contributed by atoms with Crippen molar-refractivity contribution in [2.75, 3.05) is 6.54 Å². The third-order valence-electron chi connectivity index (χ3n) is 8.03. The molecule has 0 radical (unpaired) electrons. The Kier molecular flexibility index (Phi) is 10.8. The van der Waals surface area contributed by atoms with E-state index < -0.39 is 18.2 Å². The zero-order valence-electron chi connectivity index (χ0n) is 22.1. The molecule has 3 atom stereocenters. The Morgan fingerprint density at radius 1 is 1.21 bits per heavy atom. The van der Waals surface area contributed by atoms with E-state index >= 15 is 0 Å². The number of halogens is 4. The van der Waals surface area contributed by atoms with Crippen LogP contribution in [0.1, 0.15) is 63.9 Å². The molecule has 0 bridgehead atoms. The standard InChI is InChI=1S/C25H36ClN5O.C2HF3O2/c1-2-22-15-25(16-30-18-28-17-29-30,20-6-4-3-5-7-20)12-13-31(22)24(32)23(27)14-19-8-10-21(26)11-9-19;3-2(4,5)1(6)7/h8-11,17-18,20,22-23H,2-7,12-16,27H2,1H3;(H,6,7)/t22?,23-,25?;/m0./s1. The molecule has 0 spiro atoms. The Labute approximate surface area is 231 Å². The van der Waals surface area contributed by atoms with Crippen LogP contribution in [0.3, 0.4) is 0 Å². The second-order valence-corrected chi connectivity index (χ2v) is 11.0. The smallest absolute Gasteiger partial charge is 0.475 e. The molecular formula is C27H37ClF3N5O3. The first kappa shape index (κ1) is 30.9. The minimum absolute atomic E-state index is 0.0739. The highest BCUT2D eigenvalue weighted by molar-refractivity contribution is 6.30. The van der Waals surface area contributed by atoms with Crippen LogP contribution in [-0.2, 0) is 22.6 Å². The zero-order chi connectivity index (χ0) is 28.6. The van der Waals surface area contributed by atoms with Gasteiger partial charge in [0.05, 0.1) is 6.04 Å². The van der Waals surface area contributed by atoms with Gasteiger partial charge in [-0.15, -0.1) is 0 Å². The van der Waals surface area contributed by atoms with Crippen LogP contribution in [0.5, 0.6) is 0 Å². The number of carboxylic acids is 1. The molecule has 1 saturated carbocycles. The number of aromatic nitrogens is 3. The summed E-state index contributed by atoms with van der Waals surface area (Å²) in [5.41, 5.74) is 7.63. The summed E-state index contributed by atoms with van der Waals surface area (Å²) in [5.74, 6) is -1.99. The first-order chi connectivity index (χ1) is 18.4. The number of carbonyl (C=O) groups excluding carboxylic acids is 1. The van der Waals surface area contributed by atoms with Gasteiger partial charge in [-0.1, -0.05) is 49.9 Å². The van der Waals surface area contributed by atoms with Crippen LogP contribution < -0.4 is 5.73 Å². The van der Waals surface area contributed by atoms with Gasteiger partial charge in [-0.05, 0) is 67.6 Å². The Morgan fingerprint density at radius 2 is 1.85 bits per heavy atom. The van der Waals surface area contributed by atoms with E-state index in [2.05, 4.69) is 21.9 Å². The fourth-order valence-electron chi connectivity index (χ4n) is 6.03. The van der Waals surface area contributed by atoms with Crippen molar-refractivity contribution >= 4 is 23.5 Å². The molecule has 2 heterocycles. The number of amides is 1. The van der Waals surface area contributed by atoms with Crippen LogP contribution in [0.4, 0.5) is 13.2 Å². The summed E-state index contributed by atoms with van der Waals surface area (Å²) in [6, 6.07) is 7.31. The normalized spacial score (nSPS) is 23.0. The number of piperidine rings is 1. The Hall–Kier alpha value is -2.66. The maximum Gasteiger partial charge on any atom is 0.490 e. The molecule has 12 heteroatoms. The first-order valence-corrected chi connectivity index (χ1v) is 13.8. The fourth-order valence-corrected chi connectivity index (χ4v) is 6.16. The number of hydrogen-bond donors (Lipinski definition) is 2. The Morgan fingerprint density at radius 3 is 2.38 bits per heavy atom. The van der Waals surface area contributed by atoms with E-state index in [-0.39, 0.29) is 17.4 Å². The quantitative estimate of drug-likeness (QED) is 0.478. The topological polar surface area (TPSA) is 114 Å². The summed E-state index contributed by atoms with van der Waals surface area (Å²) in [5, 5.41) is 12.3. The summed E-state index contributed by atoms with van der Waals surface area (Å²) < 4.78 is 33.7. The molecule has 1 aliphatic carbocycles. The van der Waals surface area contributed by atoms with E-state index in [0.29, 0.717) is 17.4 Å². The lowest BCUT2D eigenvalue weighted by atomic mass is 9.62. The van der Waals surface area contributed by atoms with Crippen molar-refractivity contribution in [2.24, 2.45) is 17.1 Å². The van der Waals surface area contributed by atoms with Gasteiger partial charge >= 0.3 is 12.1 Å². The van der Waals surface area contributed by atoms with Crippen molar-refractivity contribution in [1.29, 1.82) is 0 Å². The van der Waals surface area contributed by atoms with E-state index in [1.807, 2.05) is 35.3 Å². The van der Waals surface area contributed by atoms with E-state index in [4.69, 9.17) is 27.2 Å². The molecule has 216 valence electrons. The van der Waals surface area contributed by atoms with Gasteiger partial charge in [-0.2, -0.15) is 18.3 Å². The van der Waals surface area contributed by atoms with Crippen LogP contribution in [0.15, 0.2) is 36.9 Å². The molecule has 1 aliphatic heterocycles. The maximum absolute atomic E-state index is 13.4.